The number of anilines is 2. The molecule has 0 aliphatic carbocycles. The molecule has 2 amide bonds. The highest BCUT2D eigenvalue weighted by atomic mass is 32.1. The van der Waals surface area contributed by atoms with E-state index >= 15 is 0 Å². The maximum Gasteiger partial charge on any atom is 0.255 e. The minimum absolute atomic E-state index is 0.0325. The summed E-state index contributed by atoms with van der Waals surface area (Å²) in [6.45, 7) is 6.21. The van der Waals surface area contributed by atoms with E-state index in [0.717, 1.165) is 16.6 Å². The molecule has 3 aromatic rings. The Hall–Kier alpha value is -2.73. The first-order valence-electron chi connectivity index (χ1n) is 9.08. The standard InChI is InChI=1S/C21H23N3O2S/c1-4-5-19(25)24-21-23-17-11-10-16(12-18(17)27-21)22-20(26)15-8-6-14(7-9-15)13(2)3/h6-13H,4-5H2,1-3H3,(H,22,26)(H,23,24,25). The fourth-order valence-electron chi connectivity index (χ4n) is 2.69. The summed E-state index contributed by atoms with van der Waals surface area (Å²) in [6, 6.07) is 13.2. The van der Waals surface area contributed by atoms with Crippen LogP contribution in [-0.2, 0) is 4.79 Å². The second kappa shape index (κ2) is 8.31. The maximum atomic E-state index is 12.5. The molecule has 0 spiro atoms. The molecule has 140 valence electrons. The van der Waals surface area contributed by atoms with Gasteiger partial charge in [-0.15, -0.1) is 0 Å². The number of benzene rings is 2. The number of amides is 2. The Morgan fingerprint density at radius 2 is 1.81 bits per heavy atom. The lowest BCUT2D eigenvalue weighted by molar-refractivity contribution is -0.116. The van der Waals surface area contributed by atoms with Crippen LogP contribution in [0.25, 0.3) is 10.2 Å². The number of thiazole rings is 1. The van der Waals surface area contributed by atoms with E-state index in [-0.39, 0.29) is 11.8 Å². The lowest BCUT2D eigenvalue weighted by atomic mass is 10.0. The van der Waals surface area contributed by atoms with Crippen LogP contribution in [0.4, 0.5) is 10.8 Å². The molecule has 0 aliphatic heterocycles. The second-order valence-corrected chi connectivity index (χ2v) is 7.76. The number of aromatic nitrogens is 1. The number of rotatable bonds is 6. The molecular weight excluding hydrogens is 358 g/mol. The second-order valence-electron chi connectivity index (χ2n) is 6.73. The van der Waals surface area contributed by atoms with Crippen molar-refractivity contribution in [1.29, 1.82) is 0 Å². The lowest BCUT2D eigenvalue weighted by Crippen LogP contribution is -2.11. The fourth-order valence-corrected chi connectivity index (χ4v) is 3.61. The lowest BCUT2D eigenvalue weighted by Gasteiger charge is -2.08. The number of fused-ring (bicyclic) bond motifs is 1. The van der Waals surface area contributed by atoms with Crippen LogP contribution in [0.5, 0.6) is 0 Å². The minimum atomic E-state index is -0.148. The molecule has 0 saturated carbocycles. The van der Waals surface area contributed by atoms with E-state index in [1.165, 1.54) is 16.9 Å². The predicted octanol–water partition coefficient (Wildman–Crippen LogP) is 5.41. The van der Waals surface area contributed by atoms with Gasteiger partial charge in [0.15, 0.2) is 5.13 Å². The molecule has 1 heterocycles. The molecule has 5 nitrogen and oxygen atoms in total. The third kappa shape index (κ3) is 4.71. The molecule has 27 heavy (non-hydrogen) atoms. The third-order valence-electron chi connectivity index (χ3n) is 4.21. The van der Waals surface area contributed by atoms with Crippen molar-refractivity contribution in [3.63, 3.8) is 0 Å². The summed E-state index contributed by atoms with van der Waals surface area (Å²) >= 11 is 1.40. The van der Waals surface area contributed by atoms with Crippen molar-refractivity contribution in [1.82, 2.24) is 4.98 Å². The highest BCUT2D eigenvalue weighted by Crippen LogP contribution is 2.28. The monoisotopic (exact) mass is 381 g/mol. The molecule has 0 atom stereocenters. The van der Waals surface area contributed by atoms with Crippen molar-refractivity contribution in [2.24, 2.45) is 0 Å². The van der Waals surface area contributed by atoms with Crippen molar-refractivity contribution < 1.29 is 9.59 Å². The van der Waals surface area contributed by atoms with Crippen LogP contribution in [0.3, 0.4) is 0 Å². The molecule has 0 bridgehead atoms. The number of hydrogen-bond acceptors (Lipinski definition) is 4. The van der Waals surface area contributed by atoms with E-state index in [0.29, 0.717) is 28.7 Å². The number of carbonyl (C=O) groups excluding carboxylic acids is 2. The van der Waals surface area contributed by atoms with E-state index in [4.69, 9.17) is 0 Å². The van der Waals surface area contributed by atoms with Gasteiger partial charge in [-0.25, -0.2) is 4.98 Å². The number of hydrogen-bond donors (Lipinski definition) is 2. The predicted molar refractivity (Wildman–Crippen MR) is 112 cm³/mol. The quantitative estimate of drug-likeness (QED) is 0.600. The van der Waals surface area contributed by atoms with Gasteiger partial charge in [-0.3, -0.25) is 9.59 Å². The van der Waals surface area contributed by atoms with Gasteiger partial charge in [-0.2, -0.15) is 0 Å². The zero-order valence-corrected chi connectivity index (χ0v) is 16.5. The Morgan fingerprint density at radius 3 is 2.48 bits per heavy atom. The number of carbonyl (C=O) groups is 2. The van der Waals surface area contributed by atoms with Crippen LogP contribution >= 0.6 is 11.3 Å². The van der Waals surface area contributed by atoms with Crippen molar-refractivity contribution in [3.8, 4) is 0 Å². The van der Waals surface area contributed by atoms with Crippen LogP contribution < -0.4 is 10.6 Å². The molecule has 3 rings (SSSR count). The summed E-state index contributed by atoms with van der Waals surface area (Å²) in [6.07, 6.45) is 1.28. The first kappa shape index (κ1) is 19.0. The van der Waals surface area contributed by atoms with Gasteiger partial charge in [-0.1, -0.05) is 44.2 Å². The van der Waals surface area contributed by atoms with Gasteiger partial charge >= 0.3 is 0 Å². The van der Waals surface area contributed by atoms with Crippen molar-refractivity contribution in [2.75, 3.05) is 10.6 Å². The topological polar surface area (TPSA) is 71.1 Å². The Morgan fingerprint density at radius 1 is 1.07 bits per heavy atom. The van der Waals surface area contributed by atoms with Gasteiger partial charge in [0.25, 0.3) is 5.91 Å². The van der Waals surface area contributed by atoms with Crippen molar-refractivity contribution in [2.45, 2.75) is 39.5 Å². The average molecular weight is 382 g/mol. The van der Waals surface area contributed by atoms with Crippen LogP contribution in [-0.4, -0.2) is 16.8 Å². The van der Waals surface area contributed by atoms with E-state index in [1.54, 1.807) is 0 Å². The van der Waals surface area contributed by atoms with Gasteiger partial charge in [0.2, 0.25) is 5.91 Å². The summed E-state index contributed by atoms with van der Waals surface area (Å²) in [5.41, 5.74) is 3.33. The summed E-state index contributed by atoms with van der Waals surface area (Å²) < 4.78 is 0.912. The highest BCUT2D eigenvalue weighted by molar-refractivity contribution is 7.22. The highest BCUT2D eigenvalue weighted by Gasteiger charge is 2.10. The summed E-state index contributed by atoms with van der Waals surface area (Å²) in [7, 11) is 0. The number of nitrogens with zero attached hydrogens (tertiary/aromatic N) is 1. The summed E-state index contributed by atoms with van der Waals surface area (Å²) in [5.74, 6) is 0.253. The smallest absolute Gasteiger partial charge is 0.255 e. The zero-order chi connectivity index (χ0) is 19.4. The molecule has 2 N–H and O–H groups in total. The van der Waals surface area contributed by atoms with Crippen molar-refractivity contribution >= 4 is 44.2 Å². The Bertz CT molecular complexity index is 961. The number of nitrogens with one attached hydrogen (secondary N) is 2. The molecule has 2 aromatic carbocycles. The van der Waals surface area contributed by atoms with Gasteiger partial charge in [0, 0.05) is 17.7 Å². The van der Waals surface area contributed by atoms with Crippen LogP contribution in [0, 0.1) is 0 Å². The van der Waals surface area contributed by atoms with E-state index < -0.39 is 0 Å². The molecular formula is C21H23N3O2S. The fraction of sp³-hybridized carbons (Fsp3) is 0.286. The molecule has 6 heteroatoms. The summed E-state index contributed by atoms with van der Waals surface area (Å²) in [4.78, 5) is 28.6. The van der Waals surface area contributed by atoms with Crippen LogP contribution in [0.2, 0.25) is 0 Å². The normalized spacial score (nSPS) is 11.0. The molecule has 0 unspecified atom stereocenters. The van der Waals surface area contributed by atoms with E-state index in [1.807, 2.05) is 49.4 Å². The molecule has 0 fully saturated rings. The van der Waals surface area contributed by atoms with Gasteiger partial charge in [0.05, 0.1) is 10.2 Å². The third-order valence-corrected chi connectivity index (χ3v) is 5.14. The minimum Gasteiger partial charge on any atom is -0.322 e. The van der Waals surface area contributed by atoms with Crippen LogP contribution in [0.15, 0.2) is 42.5 Å². The maximum absolute atomic E-state index is 12.5. The first-order chi connectivity index (χ1) is 13.0. The van der Waals surface area contributed by atoms with Gasteiger partial charge < -0.3 is 10.6 Å². The van der Waals surface area contributed by atoms with Crippen LogP contribution in [0.1, 0.15) is 55.5 Å². The van der Waals surface area contributed by atoms with Gasteiger partial charge in [-0.05, 0) is 48.2 Å². The molecule has 0 radical (unpaired) electrons. The Kier molecular flexibility index (Phi) is 5.86. The van der Waals surface area contributed by atoms with Crippen molar-refractivity contribution in [3.05, 3.63) is 53.6 Å². The molecule has 0 aliphatic rings. The molecule has 1 aromatic heterocycles. The average Bonchev–Trinajstić information content (AvgIpc) is 3.03. The zero-order valence-electron chi connectivity index (χ0n) is 15.7. The largest absolute Gasteiger partial charge is 0.322 e. The van der Waals surface area contributed by atoms with E-state index in [2.05, 4.69) is 29.5 Å². The Labute approximate surface area is 162 Å². The van der Waals surface area contributed by atoms with E-state index in [9.17, 15) is 9.59 Å². The summed E-state index contributed by atoms with van der Waals surface area (Å²) in [5, 5.41) is 6.32. The van der Waals surface area contributed by atoms with Gasteiger partial charge in [0.1, 0.15) is 0 Å². The first-order valence-corrected chi connectivity index (χ1v) is 9.89. The Balaban J connectivity index is 1.72. The molecule has 0 saturated heterocycles. The SMILES string of the molecule is CCCC(=O)Nc1nc2ccc(NC(=O)c3ccc(C(C)C)cc3)cc2s1.